The van der Waals surface area contributed by atoms with E-state index in [1.807, 2.05) is 29.2 Å². The maximum atomic E-state index is 12.4. The molecule has 20 heavy (non-hydrogen) atoms. The van der Waals surface area contributed by atoms with Gasteiger partial charge in [-0.15, -0.1) is 0 Å². The Morgan fingerprint density at radius 3 is 3.15 bits per heavy atom. The lowest BCUT2D eigenvalue weighted by molar-refractivity contribution is -0.137. The highest BCUT2D eigenvalue weighted by Gasteiger charge is 2.30. The molecule has 0 bridgehead atoms. The first-order chi connectivity index (χ1) is 9.63. The molecular weight excluding hydrogens is 278 g/mol. The number of halogens is 1. The highest BCUT2D eigenvalue weighted by molar-refractivity contribution is 6.30. The first-order valence-electron chi connectivity index (χ1n) is 6.64. The van der Waals surface area contributed by atoms with Crippen molar-refractivity contribution in [3.05, 3.63) is 34.9 Å². The van der Waals surface area contributed by atoms with Crippen molar-refractivity contribution in [2.24, 2.45) is 5.73 Å². The van der Waals surface area contributed by atoms with E-state index in [2.05, 4.69) is 5.32 Å². The number of ether oxygens (including phenoxy) is 1. The van der Waals surface area contributed by atoms with E-state index in [-0.39, 0.29) is 18.6 Å². The highest BCUT2D eigenvalue weighted by Crippen LogP contribution is 2.25. The molecule has 0 aliphatic carbocycles. The molecular formula is C14H20ClN3O2. The predicted molar refractivity (Wildman–Crippen MR) is 78.6 cm³/mol. The molecule has 1 heterocycles. The van der Waals surface area contributed by atoms with Gasteiger partial charge >= 0.3 is 0 Å². The third-order valence-electron chi connectivity index (χ3n) is 3.42. The summed E-state index contributed by atoms with van der Waals surface area (Å²) in [6, 6.07) is 6.92. The number of nitrogens with two attached hydrogens (primary N) is 1. The Bertz CT molecular complexity index is 469. The fourth-order valence-corrected chi connectivity index (χ4v) is 2.64. The van der Waals surface area contributed by atoms with Gasteiger partial charge in [0.2, 0.25) is 5.91 Å². The van der Waals surface area contributed by atoms with Crippen LogP contribution in [-0.2, 0) is 9.53 Å². The third kappa shape index (κ3) is 3.49. The lowest BCUT2D eigenvalue weighted by Crippen LogP contribution is -2.54. The molecule has 1 fully saturated rings. The van der Waals surface area contributed by atoms with Crippen LogP contribution in [0.3, 0.4) is 0 Å². The summed E-state index contributed by atoms with van der Waals surface area (Å²) in [7, 11) is 1.54. The average molecular weight is 298 g/mol. The summed E-state index contributed by atoms with van der Waals surface area (Å²) in [6.07, 6.45) is 0. The predicted octanol–water partition coefficient (Wildman–Crippen LogP) is 0.787. The van der Waals surface area contributed by atoms with Crippen molar-refractivity contribution in [3.63, 3.8) is 0 Å². The van der Waals surface area contributed by atoms with E-state index >= 15 is 0 Å². The second kappa shape index (κ2) is 7.04. The molecule has 1 aliphatic heterocycles. The third-order valence-corrected chi connectivity index (χ3v) is 3.66. The Morgan fingerprint density at radius 1 is 1.65 bits per heavy atom. The van der Waals surface area contributed by atoms with Gasteiger partial charge in [-0.1, -0.05) is 23.7 Å². The van der Waals surface area contributed by atoms with Crippen LogP contribution >= 0.6 is 11.6 Å². The zero-order chi connectivity index (χ0) is 14.5. The number of carbonyl (C=O) groups excluding carboxylic acids is 1. The first kappa shape index (κ1) is 15.3. The van der Waals surface area contributed by atoms with Gasteiger partial charge in [0, 0.05) is 31.8 Å². The van der Waals surface area contributed by atoms with Crippen molar-refractivity contribution >= 4 is 17.5 Å². The normalized spacial score (nSPS) is 20.8. The second-order valence-corrected chi connectivity index (χ2v) is 5.30. The molecule has 3 N–H and O–H groups in total. The zero-order valence-electron chi connectivity index (χ0n) is 11.5. The molecule has 2 rings (SSSR count). The van der Waals surface area contributed by atoms with E-state index in [9.17, 15) is 4.79 Å². The molecule has 1 saturated heterocycles. The molecule has 0 spiro atoms. The van der Waals surface area contributed by atoms with Crippen LogP contribution in [0.4, 0.5) is 0 Å². The van der Waals surface area contributed by atoms with Gasteiger partial charge in [-0.25, -0.2) is 0 Å². The van der Waals surface area contributed by atoms with Crippen molar-refractivity contribution in [2.75, 3.05) is 33.4 Å². The summed E-state index contributed by atoms with van der Waals surface area (Å²) in [6.45, 7) is 2.33. The van der Waals surface area contributed by atoms with Crippen LogP contribution in [-0.4, -0.2) is 50.2 Å². The zero-order valence-corrected chi connectivity index (χ0v) is 12.3. The standard InChI is InChI=1S/C14H20ClN3O2/c1-20-9-12(16)14(19)18-6-5-17-8-13(18)10-3-2-4-11(15)7-10/h2-4,7,12-13,17H,5-6,8-9,16H2,1H3. The van der Waals surface area contributed by atoms with Crippen LogP contribution in [0.5, 0.6) is 0 Å². The number of rotatable bonds is 4. The SMILES string of the molecule is COCC(N)C(=O)N1CCNCC1c1cccc(Cl)c1. The van der Waals surface area contributed by atoms with Crippen LogP contribution in [0.1, 0.15) is 11.6 Å². The number of hydrogen-bond acceptors (Lipinski definition) is 4. The van der Waals surface area contributed by atoms with Crippen molar-refractivity contribution in [1.29, 1.82) is 0 Å². The first-order valence-corrected chi connectivity index (χ1v) is 7.02. The monoisotopic (exact) mass is 297 g/mol. The minimum Gasteiger partial charge on any atom is -0.383 e. The maximum absolute atomic E-state index is 12.4. The van der Waals surface area contributed by atoms with Gasteiger partial charge in [0.05, 0.1) is 12.6 Å². The van der Waals surface area contributed by atoms with Crippen molar-refractivity contribution in [2.45, 2.75) is 12.1 Å². The molecule has 2 unspecified atom stereocenters. The summed E-state index contributed by atoms with van der Waals surface area (Å²) in [5, 5.41) is 3.97. The van der Waals surface area contributed by atoms with E-state index < -0.39 is 6.04 Å². The van der Waals surface area contributed by atoms with Gasteiger partial charge in [0.15, 0.2) is 0 Å². The number of nitrogens with zero attached hydrogens (tertiary/aromatic N) is 1. The molecule has 2 atom stereocenters. The van der Waals surface area contributed by atoms with Crippen molar-refractivity contribution in [3.8, 4) is 0 Å². The smallest absolute Gasteiger partial charge is 0.242 e. The van der Waals surface area contributed by atoms with Gasteiger partial charge in [0.25, 0.3) is 0 Å². The quantitative estimate of drug-likeness (QED) is 0.862. The second-order valence-electron chi connectivity index (χ2n) is 4.87. The number of methoxy groups -OCH3 is 1. The van der Waals surface area contributed by atoms with Crippen molar-refractivity contribution < 1.29 is 9.53 Å². The molecule has 0 radical (unpaired) electrons. The average Bonchev–Trinajstić information content (AvgIpc) is 2.47. The van der Waals surface area contributed by atoms with Crippen molar-refractivity contribution in [1.82, 2.24) is 10.2 Å². The molecule has 1 amide bonds. The molecule has 0 saturated carbocycles. The topological polar surface area (TPSA) is 67.6 Å². The molecule has 1 aromatic carbocycles. The summed E-state index contributed by atoms with van der Waals surface area (Å²) >= 11 is 6.04. The molecule has 6 heteroatoms. The number of nitrogens with one attached hydrogen (secondary N) is 1. The van der Waals surface area contributed by atoms with E-state index in [1.165, 1.54) is 0 Å². The molecule has 5 nitrogen and oxygen atoms in total. The molecule has 1 aromatic rings. The van der Waals surface area contributed by atoms with E-state index in [0.29, 0.717) is 18.1 Å². The van der Waals surface area contributed by atoms with Crippen LogP contribution in [0.25, 0.3) is 0 Å². The van der Waals surface area contributed by atoms with Crippen LogP contribution < -0.4 is 11.1 Å². The summed E-state index contributed by atoms with van der Waals surface area (Å²) in [4.78, 5) is 14.2. The Balaban J connectivity index is 2.19. The fourth-order valence-electron chi connectivity index (χ4n) is 2.44. The molecule has 1 aliphatic rings. The highest BCUT2D eigenvalue weighted by atomic mass is 35.5. The summed E-state index contributed by atoms with van der Waals surface area (Å²) in [5.41, 5.74) is 6.88. The van der Waals surface area contributed by atoms with Gasteiger partial charge in [-0.2, -0.15) is 0 Å². The fraction of sp³-hybridized carbons (Fsp3) is 0.500. The van der Waals surface area contributed by atoms with Gasteiger partial charge < -0.3 is 20.7 Å². The lowest BCUT2D eigenvalue weighted by Gasteiger charge is -2.38. The Morgan fingerprint density at radius 2 is 2.45 bits per heavy atom. The minimum atomic E-state index is -0.625. The minimum absolute atomic E-state index is 0.0437. The Kier molecular flexibility index (Phi) is 5.37. The Hall–Kier alpha value is -1.14. The van der Waals surface area contributed by atoms with Crippen LogP contribution in [0.2, 0.25) is 5.02 Å². The van der Waals surface area contributed by atoms with Gasteiger partial charge in [0.1, 0.15) is 6.04 Å². The van der Waals surface area contributed by atoms with Crippen LogP contribution in [0, 0.1) is 0 Å². The van der Waals surface area contributed by atoms with Gasteiger partial charge in [-0.05, 0) is 17.7 Å². The summed E-state index contributed by atoms with van der Waals surface area (Å²) < 4.78 is 4.97. The van der Waals surface area contributed by atoms with Gasteiger partial charge in [-0.3, -0.25) is 4.79 Å². The number of amides is 1. The lowest BCUT2D eigenvalue weighted by atomic mass is 10.0. The molecule has 110 valence electrons. The van der Waals surface area contributed by atoms with E-state index in [1.54, 1.807) is 7.11 Å². The number of carbonyl (C=O) groups is 1. The van der Waals surface area contributed by atoms with Crippen LogP contribution in [0.15, 0.2) is 24.3 Å². The molecule has 0 aromatic heterocycles. The Labute approximate surface area is 124 Å². The number of piperazine rings is 1. The largest absolute Gasteiger partial charge is 0.383 e. The van der Waals surface area contributed by atoms with E-state index in [4.69, 9.17) is 22.1 Å². The summed E-state index contributed by atoms with van der Waals surface area (Å²) in [5.74, 6) is -0.0849. The number of hydrogen-bond donors (Lipinski definition) is 2. The van der Waals surface area contributed by atoms with E-state index in [0.717, 1.165) is 12.1 Å². The maximum Gasteiger partial charge on any atom is 0.242 e. The number of benzene rings is 1.